The Labute approximate surface area is 137 Å². The Morgan fingerprint density at radius 3 is 3.00 bits per heavy atom. The largest absolute Gasteiger partial charge is 0.436 e. The number of aromatic nitrogens is 2. The van der Waals surface area contributed by atoms with Gasteiger partial charge in [-0.1, -0.05) is 11.6 Å². The number of hydrogen-bond acceptors (Lipinski definition) is 5. The summed E-state index contributed by atoms with van der Waals surface area (Å²) in [6.07, 6.45) is 1.58. The molecule has 0 fully saturated rings. The highest BCUT2D eigenvalue weighted by Crippen LogP contribution is 2.25. The highest BCUT2D eigenvalue weighted by Gasteiger charge is 2.12. The summed E-state index contributed by atoms with van der Waals surface area (Å²) in [6, 6.07) is 8.53. The van der Waals surface area contributed by atoms with E-state index in [-0.39, 0.29) is 5.91 Å². The van der Waals surface area contributed by atoms with Crippen LogP contribution in [0.25, 0.3) is 22.6 Å². The molecule has 0 spiro atoms. The summed E-state index contributed by atoms with van der Waals surface area (Å²) in [5.41, 5.74) is 2.45. The molecule has 0 saturated carbocycles. The van der Waals surface area contributed by atoms with Gasteiger partial charge in [-0.3, -0.25) is 4.79 Å². The van der Waals surface area contributed by atoms with Gasteiger partial charge in [0.15, 0.2) is 5.58 Å². The number of rotatable bonds is 5. The van der Waals surface area contributed by atoms with Crippen LogP contribution in [0.5, 0.6) is 0 Å². The molecule has 118 valence electrons. The molecular formula is C16H14ClN3O3. The van der Waals surface area contributed by atoms with Crippen molar-refractivity contribution in [2.75, 3.05) is 20.3 Å². The third-order valence-electron chi connectivity index (χ3n) is 3.22. The number of carbonyl (C=O) groups excluding carboxylic acids is 1. The molecule has 0 saturated heterocycles. The van der Waals surface area contributed by atoms with Crippen LogP contribution >= 0.6 is 11.6 Å². The molecule has 23 heavy (non-hydrogen) atoms. The molecule has 0 radical (unpaired) electrons. The molecule has 3 aromatic rings. The fourth-order valence-corrected chi connectivity index (χ4v) is 2.27. The molecule has 1 amide bonds. The molecule has 0 unspecified atom stereocenters. The maximum absolute atomic E-state index is 12.0. The van der Waals surface area contributed by atoms with E-state index >= 15 is 0 Å². The predicted octanol–water partition coefficient (Wildman–Crippen LogP) is 2.92. The van der Waals surface area contributed by atoms with Crippen LogP contribution in [0, 0.1) is 0 Å². The highest BCUT2D eigenvalue weighted by molar-refractivity contribution is 6.29. The van der Waals surface area contributed by atoms with Gasteiger partial charge in [0.2, 0.25) is 5.89 Å². The summed E-state index contributed by atoms with van der Waals surface area (Å²) >= 11 is 5.88. The quantitative estimate of drug-likeness (QED) is 0.574. The van der Waals surface area contributed by atoms with Crippen LogP contribution in [0.4, 0.5) is 0 Å². The van der Waals surface area contributed by atoms with Gasteiger partial charge < -0.3 is 14.5 Å². The Kier molecular flexibility index (Phi) is 4.55. The molecule has 3 rings (SSSR count). The van der Waals surface area contributed by atoms with Crippen LogP contribution in [0.2, 0.25) is 5.15 Å². The van der Waals surface area contributed by atoms with Crippen molar-refractivity contribution in [3.05, 3.63) is 47.2 Å². The summed E-state index contributed by atoms with van der Waals surface area (Å²) in [5, 5.41) is 3.13. The van der Waals surface area contributed by atoms with Crippen LogP contribution in [-0.4, -0.2) is 36.1 Å². The van der Waals surface area contributed by atoms with Crippen molar-refractivity contribution in [3.8, 4) is 11.5 Å². The van der Waals surface area contributed by atoms with Crippen molar-refractivity contribution in [1.82, 2.24) is 15.3 Å². The van der Waals surface area contributed by atoms with E-state index in [0.717, 1.165) is 5.56 Å². The number of fused-ring (bicyclic) bond motifs is 1. The van der Waals surface area contributed by atoms with Crippen molar-refractivity contribution >= 4 is 28.6 Å². The van der Waals surface area contributed by atoms with E-state index in [1.165, 1.54) is 0 Å². The summed E-state index contributed by atoms with van der Waals surface area (Å²) < 4.78 is 10.6. The number of carbonyl (C=O) groups is 1. The topological polar surface area (TPSA) is 77.2 Å². The van der Waals surface area contributed by atoms with Gasteiger partial charge >= 0.3 is 0 Å². The lowest BCUT2D eigenvalue weighted by molar-refractivity contribution is 0.0937. The Hall–Kier alpha value is -2.44. The average Bonchev–Trinajstić information content (AvgIpc) is 2.98. The first-order valence-electron chi connectivity index (χ1n) is 6.97. The Bertz CT molecular complexity index is 847. The molecular weight excluding hydrogens is 318 g/mol. The van der Waals surface area contributed by atoms with Gasteiger partial charge in [0.25, 0.3) is 5.91 Å². The number of pyridine rings is 1. The summed E-state index contributed by atoms with van der Waals surface area (Å²) in [6.45, 7) is 0.915. The maximum atomic E-state index is 12.0. The molecule has 7 heteroatoms. The lowest BCUT2D eigenvalue weighted by Gasteiger charge is -2.03. The third kappa shape index (κ3) is 3.49. The van der Waals surface area contributed by atoms with E-state index in [2.05, 4.69) is 15.3 Å². The smallest absolute Gasteiger partial charge is 0.251 e. The molecule has 1 N–H and O–H groups in total. The SMILES string of the molecule is COCCNC(=O)c1ccc2oc(-c3ccnc(Cl)c3)nc2c1. The minimum atomic E-state index is -0.180. The summed E-state index contributed by atoms with van der Waals surface area (Å²) in [4.78, 5) is 20.4. The molecule has 0 bridgehead atoms. The van der Waals surface area contributed by atoms with E-state index in [0.29, 0.717) is 40.9 Å². The Balaban J connectivity index is 1.87. The fourth-order valence-electron chi connectivity index (χ4n) is 2.10. The third-order valence-corrected chi connectivity index (χ3v) is 3.42. The molecule has 0 atom stereocenters. The number of benzene rings is 1. The predicted molar refractivity (Wildman–Crippen MR) is 86.5 cm³/mol. The average molecular weight is 332 g/mol. The van der Waals surface area contributed by atoms with Crippen molar-refractivity contribution in [2.24, 2.45) is 0 Å². The lowest BCUT2D eigenvalue weighted by Crippen LogP contribution is -2.26. The minimum Gasteiger partial charge on any atom is -0.436 e. The van der Waals surface area contributed by atoms with Gasteiger partial charge in [-0.15, -0.1) is 0 Å². The van der Waals surface area contributed by atoms with E-state index < -0.39 is 0 Å². The van der Waals surface area contributed by atoms with Crippen LogP contribution < -0.4 is 5.32 Å². The minimum absolute atomic E-state index is 0.180. The summed E-state index contributed by atoms with van der Waals surface area (Å²) in [5.74, 6) is 0.252. The number of hydrogen-bond donors (Lipinski definition) is 1. The van der Waals surface area contributed by atoms with Gasteiger partial charge in [-0.25, -0.2) is 9.97 Å². The molecule has 0 aliphatic carbocycles. The second-order valence-corrected chi connectivity index (χ2v) is 5.20. The molecule has 2 aromatic heterocycles. The van der Waals surface area contributed by atoms with Crippen molar-refractivity contribution in [3.63, 3.8) is 0 Å². The maximum Gasteiger partial charge on any atom is 0.251 e. The van der Waals surface area contributed by atoms with Crippen molar-refractivity contribution in [2.45, 2.75) is 0 Å². The highest BCUT2D eigenvalue weighted by atomic mass is 35.5. The molecule has 0 aliphatic heterocycles. The lowest BCUT2D eigenvalue weighted by atomic mass is 10.2. The number of oxazole rings is 1. The number of ether oxygens (including phenoxy) is 1. The Morgan fingerprint density at radius 2 is 2.22 bits per heavy atom. The Morgan fingerprint density at radius 1 is 1.35 bits per heavy atom. The van der Waals surface area contributed by atoms with E-state index in [4.69, 9.17) is 20.8 Å². The number of methoxy groups -OCH3 is 1. The van der Waals surface area contributed by atoms with Crippen molar-refractivity contribution in [1.29, 1.82) is 0 Å². The monoisotopic (exact) mass is 331 g/mol. The number of amides is 1. The van der Waals surface area contributed by atoms with Crippen LogP contribution in [-0.2, 0) is 4.74 Å². The van der Waals surface area contributed by atoms with Gasteiger partial charge in [0.1, 0.15) is 10.7 Å². The van der Waals surface area contributed by atoms with Gasteiger partial charge in [-0.2, -0.15) is 0 Å². The van der Waals surface area contributed by atoms with Crippen LogP contribution in [0.15, 0.2) is 40.9 Å². The zero-order chi connectivity index (χ0) is 16.2. The number of nitrogens with one attached hydrogen (secondary N) is 1. The fraction of sp³-hybridized carbons (Fsp3) is 0.188. The molecule has 6 nitrogen and oxygen atoms in total. The molecule has 2 heterocycles. The van der Waals surface area contributed by atoms with Crippen LogP contribution in [0.1, 0.15) is 10.4 Å². The van der Waals surface area contributed by atoms with Gasteiger partial charge in [-0.05, 0) is 30.3 Å². The first kappa shape index (κ1) is 15.5. The van der Waals surface area contributed by atoms with Gasteiger partial charge in [0, 0.05) is 31.0 Å². The van der Waals surface area contributed by atoms with E-state index in [1.807, 2.05) is 0 Å². The van der Waals surface area contributed by atoms with E-state index in [9.17, 15) is 4.79 Å². The van der Waals surface area contributed by atoms with Gasteiger partial charge in [0.05, 0.1) is 6.61 Å². The first-order chi connectivity index (χ1) is 11.2. The standard InChI is InChI=1S/C16H14ClN3O3/c1-22-7-6-19-15(21)10-2-3-13-12(8-10)20-16(23-13)11-4-5-18-14(17)9-11/h2-5,8-9H,6-7H2,1H3,(H,19,21). The first-order valence-corrected chi connectivity index (χ1v) is 7.35. The second-order valence-electron chi connectivity index (χ2n) is 4.82. The second kappa shape index (κ2) is 6.76. The molecule has 0 aliphatic rings. The molecule has 1 aromatic carbocycles. The zero-order valence-electron chi connectivity index (χ0n) is 12.4. The normalized spacial score (nSPS) is 10.9. The summed E-state index contributed by atoms with van der Waals surface area (Å²) in [7, 11) is 1.58. The number of halogens is 1. The number of nitrogens with zero attached hydrogens (tertiary/aromatic N) is 2. The van der Waals surface area contributed by atoms with E-state index in [1.54, 1.807) is 43.6 Å². The van der Waals surface area contributed by atoms with Crippen LogP contribution in [0.3, 0.4) is 0 Å². The zero-order valence-corrected chi connectivity index (χ0v) is 13.1. The van der Waals surface area contributed by atoms with Crippen molar-refractivity contribution < 1.29 is 13.9 Å².